The van der Waals surface area contributed by atoms with Gasteiger partial charge in [0.1, 0.15) is 6.54 Å². The van der Waals surface area contributed by atoms with Gasteiger partial charge in [0.25, 0.3) is 11.1 Å². The Bertz CT molecular complexity index is 955. The first-order valence-electron chi connectivity index (χ1n) is 11.5. The summed E-state index contributed by atoms with van der Waals surface area (Å²) in [5.41, 5.74) is 0.622. The number of esters is 1. The summed E-state index contributed by atoms with van der Waals surface area (Å²) in [6.07, 6.45) is 5.64. The van der Waals surface area contributed by atoms with Crippen LogP contribution in [0.15, 0.2) is 23.1 Å². The van der Waals surface area contributed by atoms with Crippen LogP contribution in [0.3, 0.4) is 0 Å². The van der Waals surface area contributed by atoms with Gasteiger partial charge in [0, 0.05) is 13.1 Å². The lowest BCUT2D eigenvalue weighted by Crippen LogP contribution is -2.42. The Morgan fingerprint density at radius 3 is 2.41 bits per heavy atom. The molecule has 2 aliphatic rings. The quantitative estimate of drug-likeness (QED) is 0.383. The molecule has 3 rings (SSSR count). The van der Waals surface area contributed by atoms with Gasteiger partial charge in [0.05, 0.1) is 18.1 Å². The highest BCUT2D eigenvalue weighted by Crippen LogP contribution is 2.34. The number of amides is 3. The van der Waals surface area contributed by atoms with E-state index in [2.05, 4.69) is 0 Å². The van der Waals surface area contributed by atoms with Gasteiger partial charge in [0.2, 0.25) is 5.91 Å². The molecular formula is C24H30N2O7S. The number of carbonyl (C=O) groups excluding carboxylic acids is 4. The maximum Gasteiger partial charge on any atom is 0.344 e. The van der Waals surface area contributed by atoms with Crippen molar-refractivity contribution in [3.8, 4) is 11.5 Å². The minimum atomic E-state index is -0.488. The van der Waals surface area contributed by atoms with Gasteiger partial charge >= 0.3 is 5.97 Å². The average Bonchev–Trinajstić information content (AvgIpc) is 3.00. The highest BCUT2D eigenvalue weighted by Gasteiger charge is 2.37. The van der Waals surface area contributed by atoms with Crippen LogP contribution in [0.4, 0.5) is 4.79 Å². The first kappa shape index (κ1) is 25.6. The van der Waals surface area contributed by atoms with E-state index < -0.39 is 17.1 Å². The first-order chi connectivity index (χ1) is 16.4. The molecule has 2 heterocycles. The van der Waals surface area contributed by atoms with Gasteiger partial charge in [-0.15, -0.1) is 0 Å². The molecule has 0 unspecified atom stereocenters. The van der Waals surface area contributed by atoms with Crippen molar-refractivity contribution in [2.24, 2.45) is 0 Å². The molecule has 0 spiro atoms. The molecule has 0 bridgehead atoms. The number of thioether (sulfide) groups is 1. The van der Waals surface area contributed by atoms with Crippen molar-refractivity contribution in [2.75, 3.05) is 39.5 Å². The largest absolute Gasteiger partial charge is 0.490 e. The summed E-state index contributed by atoms with van der Waals surface area (Å²) in [4.78, 5) is 52.5. The molecule has 0 saturated carbocycles. The van der Waals surface area contributed by atoms with Gasteiger partial charge < -0.3 is 19.1 Å². The number of hydrogen-bond donors (Lipinski definition) is 0. The monoisotopic (exact) mass is 490 g/mol. The van der Waals surface area contributed by atoms with Crippen molar-refractivity contribution >= 4 is 40.9 Å². The second kappa shape index (κ2) is 12.5. The molecule has 3 amide bonds. The molecule has 184 valence electrons. The lowest BCUT2D eigenvalue weighted by molar-refractivity contribution is -0.145. The highest BCUT2D eigenvalue weighted by molar-refractivity contribution is 8.18. The van der Waals surface area contributed by atoms with Gasteiger partial charge in [-0.3, -0.25) is 19.3 Å². The Balaban J connectivity index is 1.70. The van der Waals surface area contributed by atoms with E-state index in [9.17, 15) is 19.2 Å². The van der Waals surface area contributed by atoms with Crippen molar-refractivity contribution < 1.29 is 33.4 Å². The van der Waals surface area contributed by atoms with E-state index in [1.165, 1.54) is 0 Å². The molecule has 1 aromatic rings. The molecule has 1 aromatic carbocycles. The second-order valence-electron chi connectivity index (χ2n) is 7.80. The van der Waals surface area contributed by atoms with Gasteiger partial charge in [-0.05, 0) is 62.2 Å². The zero-order valence-corrected chi connectivity index (χ0v) is 20.4. The molecular weight excluding hydrogens is 460 g/mol. The summed E-state index contributed by atoms with van der Waals surface area (Å²) < 4.78 is 16.0. The zero-order chi connectivity index (χ0) is 24.5. The fourth-order valence-corrected chi connectivity index (χ4v) is 4.52. The van der Waals surface area contributed by atoms with Crippen molar-refractivity contribution in [3.63, 3.8) is 0 Å². The normalized spacial score (nSPS) is 17.6. The Labute approximate surface area is 203 Å². The van der Waals surface area contributed by atoms with E-state index in [4.69, 9.17) is 14.2 Å². The molecule has 0 aromatic heterocycles. The summed E-state index contributed by atoms with van der Waals surface area (Å²) >= 11 is 0.807. The van der Waals surface area contributed by atoms with Crippen LogP contribution in [0.1, 0.15) is 45.1 Å². The number of nitrogens with zero attached hydrogens (tertiary/aromatic N) is 2. The number of imide groups is 1. The topological polar surface area (TPSA) is 102 Å². The van der Waals surface area contributed by atoms with Crippen molar-refractivity contribution in [2.45, 2.75) is 39.5 Å². The van der Waals surface area contributed by atoms with Gasteiger partial charge in [-0.2, -0.15) is 0 Å². The summed E-state index contributed by atoms with van der Waals surface area (Å²) in [5, 5.41) is -0.459. The lowest BCUT2D eigenvalue weighted by atomic mass is 10.2. The third kappa shape index (κ3) is 6.75. The van der Waals surface area contributed by atoms with Gasteiger partial charge in [-0.25, -0.2) is 4.79 Å². The van der Waals surface area contributed by atoms with Crippen LogP contribution in [0, 0.1) is 0 Å². The highest BCUT2D eigenvalue weighted by atomic mass is 32.2. The fourth-order valence-electron chi connectivity index (χ4n) is 3.68. The minimum Gasteiger partial charge on any atom is -0.490 e. The van der Waals surface area contributed by atoms with Crippen LogP contribution in [-0.2, 0) is 19.1 Å². The molecule has 9 nitrogen and oxygen atoms in total. The maximum absolute atomic E-state index is 12.9. The molecule has 0 atom stereocenters. The number of benzene rings is 1. The van der Waals surface area contributed by atoms with E-state index in [0.717, 1.165) is 42.3 Å². The van der Waals surface area contributed by atoms with Crippen LogP contribution in [-0.4, -0.2) is 72.3 Å². The number of ether oxygens (including phenoxy) is 3. The molecule has 34 heavy (non-hydrogen) atoms. The van der Waals surface area contributed by atoms with Crippen molar-refractivity contribution in [3.05, 3.63) is 28.7 Å². The maximum atomic E-state index is 12.9. The third-order valence-corrected chi connectivity index (χ3v) is 6.25. The van der Waals surface area contributed by atoms with Crippen LogP contribution in [0.2, 0.25) is 0 Å². The first-order valence-corrected chi connectivity index (χ1v) is 12.3. The van der Waals surface area contributed by atoms with Crippen LogP contribution < -0.4 is 9.47 Å². The predicted octanol–water partition coefficient (Wildman–Crippen LogP) is 3.47. The smallest absolute Gasteiger partial charge is 0.344 e. The third-order valence-electron chi connectivity index (χ3n) is 5.34. The number of likely N-dealkylation sites (tertiary alicyclic amines) is 1. The number of hydrogen-bond acceptors (Lipinski definition) is 8. The average molecular weight is 491 g/mol. The van der Waals surface area contributed by atoms with Gasteiger partial charge in [-0.1, -0.05) is 18.9 Å². The SMILES string of the molecule is CCOC(=O)COc1ccc(C=C2SC(=O)N(CC(=O)N3CCCCCC3)C2=O)cc1OCC. The summed E-state index contributed by atoms with van der Waals surface area (Å²) in [6, 6.07) is 4.99. The van der Waals surface area contributed by atoms with Crippen LogP contribution in [0.25, 0.3) is 6.08 Å². The van der Waals surface area contributed by atoms with Crippen LogP contribution >= 0.6 is 11.8 Å². The standard InChI is InChI=1S/C24H30N2O7S/c1-3-31-19-13-17(9-10-18(19)33-16-22(28)32-4-2)14-20-23(29)26(24(30)34-20)15-21(27)25-11-7-5-6-8-12-25/h9-10,13-14H,3-8,11-12,15-16H2,1-2H3. The van der Waals surface area contributed by atoms with E-state index in [-0.39, 0.29) is 30.6 Å². The fraction of sp³-hybridized carbons (Fsp3) is 0.500. The Kier molecular flexibility index (Phi) is 9.38. The summed E-state index contributed by atoms with van der Waals surface area (Å²) in [7, 11) is 0. The van der Waals surface area contributed by atoms with E-state index >= 15 is 0 Å². The van der Waals surface area contributed by atoms with Crippen molar-refractivity contribution in [1.82, 2.24) is 9.80 Å². The molecule has 0 N–H and O–H groups in total. The summed E-state index contributed by atoms with van der Waals surface area (Å²) in [5.74, 6) is -0.414. The molecule has 0 radical (unpaired) electrons. The van der Waals surface area contributed by atoms with Crippen molar-refractivity contribution in [1.29, 1.82) is 0 Å². The minimum absolute atomic E-state index is 0.202. The molecule has 2 aliphatic heterocycles. The van der Waals surface area contributed by atoms with E-state index in [1.807, 2.05) is 6.92 Å². The zero-order valence-electron chi connectivity index (χ0n) is 19.5. The molecule has 0 aliphatic carbocycles. The number of rotatable bonds is 9. The van der Waals surface area contributed by atoms with E-state index in [1.54, 1.807) is 36.1 Å². The van der Waals surface area contributed by atoms with Crippen LogP contribution in [0.5, 0.6) is 11.5 Å². The predicted molar refractivity (Wildman–Crippen MR) is 127 cm³/mol. The second-order valence-corrected chi connectivity index (χ2v) is 8.79. The molecule has 2 saturated heterocycles. The lowest BCUT2D eigenvalue weighted by Gasteiger charge is -2.22. The molecule has 2 fully saturated rings. The molecule has 10 heteroatoms. The Morgan fingerprint density at radius 1 is 1.00 bits per heavy atom. The Morgan fingerprint density at radius 2 is 1.74 bits per heavy atom. The Hall–Kier alpha value is -3.01. The van der Waals surface area contributed by atoms with Gasteiger partial charge in [0.15, 0.2) is 18.1 Å². The van der Waals surface area contributed by atoms with E-state index in [0.29, 0.717) is 36.8 Å². The summed E-state index contributed by atoms with van der Waals surface area (Å²) in [6.45, 7) is 4.99. The number of carbonyl (C=O) groups is 4.